The van der Waals surface area contributed by atoms with Gasteiger partial charge in [-0.15, -0.1) is 0 Å². The third kappa shape index (κ3) is 4.44. The van der Waals surface area contributed by atoms with Crippen LogP contribution in [0.5, 0.6) is 5.75 Å². The SMILES string of the molecule is Cc1ccc(C)c(OCCN2CC(C)(OCC(=O)O)C2)c1. The highest BCUT2D eigenvalue weighted by Crippen LogP contribution is 2.24. The third-order valence-electron chi connectivity index (χ3n) is 3.67. The smallest absolute Gasteiger partial charge is 0.329 e. The maximum Gasteiger partial charge on any atom is 0.329 e. The summed E-state index contributed by atoms with van der Waals surface area (Å²) in [6, 6.07) is 6.18. The van der Waals surface area contributed by atoms with Crippen LogP contribution < -0.4 is 4.74 Å². The Hall–Kier alpha value is -1.59. The van der Waals surface area contributed by atoms with Crippen LogP contribution in [0.25, 0.3) is 0 Å². The number of hydrogen-bond donors (Lipinski definition) is 1. The van der Waals surface area contributed by atoms with Gasteiger partial charge in [-0.3, -0.25) is 4.90 Å². The van der Waals surface area contributed by atoms with Crippen LogP contribution in [0.3, 0.4) is 0 Å². The molecule has 1 aliphatic heterocycles. The molecule has 1 aromatic carbocycles. The normalized spacial score (nSPS) is 17.3. The van der Waals surface area contributed by atoms with Crippen molar-refractivity contribution in [3.63, 3.8) is 0 Å². The fourth-order valence-corrected chi connectivity index (χ4v) is 2.53. The van der Waals surface area contributed by atoms with Crippen LogP contribution in [0.2, 0.25) is 0 Å². The molecule has 0 saturated carbocycles. The van der Waals surface area contributed by atoms with E-state index in [1.54, 1.807) is 0 Å². The standard InChI is InChI=1S/C16H23NO4/c1-12-4-5-13(2)14(8-12)20-7-6-17-10-16(3,11-17)21-9-15(18)19/h4-5,8H,6-7,9-11H2,1-3H3,(H,18,19). The Morgan fingerprint density at radius 1 is 1.38 bits per heavy atom. The fraction of sp³-hybridized carbons (Fsp3) is 0.562. The Bertz CT molecular complexity index is 509. The molecule has 116 valence electrons. The summed E-state index contributed by atoms with van der Waals surface area (Å²) in [6.45, 7) is 8.73. The van der Waals surface area contributed by atoms with Crippen molar-refractivity contribution in [2.24, 2.45) is 0 Å². The van der Waals surface area contributed by atoms with Crippen LogP contribution in [-0.4, -0.2) is 54.4 Å². The number of carbonyl (C=O) groups is 1. The highest BCUT2D eigenvalue weighted by Gasteiger charge is 2.39. The predicted octanol–water partition coefficient (Wildman–Crippen LogP) is 1.86. The Balaban J connectivity index is 1.69. The topological polar surface area (TPSA) is 59.0 Å². The summed E-state index contributed by atoms with van der Waals surface area (Å²) in [6.07, 6.45) is 0. The van der Waals surface area contributed by atoms with Gasteiger partial charge >= 0.3 is 5.97 Å². The molecule has 1 heterocycles. The summed E-state index contributed by atoms with van der Waals surface area (Å²) in [5, 5.41) is 8.62. The minimum Gasteiger partial charge on any atom is -0.492 e. The molecule has 0 atom stereocenters. The van der Waals surface area contributed by atoms with Gasteiger partial charge in [0.25, 0.3) is 0 Å². The number of aryl methyl sites for hydroxylation is 2. The minimum atomic E-state index is -0.923. The second-order valence-electron chi connectivity index (χ2n) is 5.96. The number of rotatable bonds is 7. The summed E-state index contributed by atoms with van der Waals surface area (Å²) in [5.41, 5.74) is 1.99. The zero-order valence-corrected chi connectivity index (χ0v) is 12.9. The first-order chi connectivity index (χ1) is 9.88. The van der Waals surface area contributed by atoms with E-state index >= 15 is 0 Å². The van der Waals surface area contributed by atoms with Gasteiger partial charge in [-0.25, -0.2) is 4.79 Å². The lowest BCUT2D eigenvalue weighted by Gasteiger charge is -2.47. The first kappa shape index (κ1) is 15.8. The quantitative estimate of drug-likeness (QED) is 0.831. The molecule has 0 unspecified atom stereocenters. The van der Waals surface area contributed by atoms with Crippen molar-refractivity contribution in [3.8, 4) is 5.75 Å². The molecule has 5 nitrogen and oxygen atoms in total. The average molecular weight is 293 g/mol. The zero-order valence-electron chi connectivity index (χ0n) is 12.9. The van der Waals surface area contributed by atoms with Gasteiger partial charge < -0.3 is 14.6 Å². The second-order valence-corrected chi connectivity index (χ2v) is 5.96. The molecular formula is C16H23NO4. The number of likely N-dealkylation sites (tertiary alicyclic amines) is 1. The van der Waals surface area contributed by atoms with E-state index in [2.05, 4.69) is 17.0 Å². The maximum absolute atomic E-state index is 10.5. The van der Waals surface area contributed by atoms with Crippen LogP contribution in [-0.2, 0) is 9.53 Å². The van der Waals surface area contributed by atoms with Crippen molar-refractivity contribution in [1.82, 2.24) is 4.90 Å². The Labute approximate surface area is 125 Å². The molecule has 0 bridgehead atoms. The van der Waals surface area contributed by atoms with Crippen LogP contribution in [0.1, 0.15) is 18.1 Å². The van der Waals surface area contributed by atoms with Crippen molar-refractivity contribution >= 4 is 5.97 Å². The number of carboxylic acid groups (broad SMARTS) is 1. The number of benzene rings is 1. The van der Waals surface area contributed by atoms with Crippen molar-refractivity contribution in [2.45, 2.75) is 26.4 Å². The molecular weight excluding hydrogens is 270 g/mol. The lowest BCUT2D eigenvalue weighted by Crippen LogP contribution is -2.62. The van der Waals surface area contributed by atoms with E-state index in [1.807, 2.05) is 26.8 Å². The molecule has 21 heavy (non-hydrogen) atoms. The molecule has 1 fully saturated rings. The first-order valence-corrected chi connectivity index (χ1v) is 7.16. The van der Waals surface area contributed by atoms with E-state index < -0.39 is 5.97 Å². The van der Waals surface area contributed by atoms with E-state index in [4.69, 9.17) is 14.6 Å². The molecule has 2 rings (SSSR count). The zero-order chi connectivity index (χ0) is 15.5. The molecule has 0 amide bonds. The van der Waals surface area contributed by atoms with Crippen LogP contribution >= 0.6 is 0 Å². The molecule has 1 saturated heterocycles. The minimum absolute atomic E-state index is 0.233. The first-order valence-electron chi connectivity index (χ1n) is 7.16. The largest absolute Gasteiger partial charge is 0.492 e. The van der Waals surface area contributed by atoms with E-state index in [1.165, 1.54) is 5.56 Å². The molecule has 1 N–H and O–H groups in total. The summed E-state index contributed by atoms with van der Waals surface area (Å²) in [7, 11) is 0. The summed E-state index contributed by atoms with van der Waals surface area (Å²) < 4.78 is 11.2. The Morgan fingerprint density at radius 2 is 2.10 bits per heavy atom. The van der Waals surface area contributed by atoms with Gasteiger partial charge in [-0.05, 0) is 38.0 Å². The second kappa shape index (κ2) is 6.45. The number of nitrogens with zero attached hydrogens (tertiary/aromatic N) is 1. The van der Waals surface area contributed by atoms with Gasteiger partial charge in [0.2, 0.25) is 0 Å². The van der Waals surface area contributed by atoms with Crippen molar-refractivity contribution in [2.75, 3.05) is 32.8 Å². The molecule has 0 spiro atoms. The van der Waals surface area contributed by atoms with Crippen molar-refractivity contribution < 1.29 is 19.4 Å². The van der Waals surface area contributed by atoms with Gasteiger partial charge in [0.05, 0.1) is 5.60 Å². The van der Waals surface area contributed by atoms with Gasteiger partial charge in [0, 0.05) is 19.6 Å². The highest BCUT2D eigenvalue weighted by atomic mass is 16.5. The number of aliphatic carboxylic acids is 1. The molecule has 0 radical (unpaired) electrons. The van der Waals surface area contributed by atoms with Gasteiger partial charge in [0.15, 0.2) is 0 Å². The summed E-state index contributed by atoms with van der Waals surface area (Å²) >= 11 is 0. The molecule has 0 aliphatic carbocycles. The van der Waals surface area contributed by atoms with Gasteiger partial charge in [-0.2, -0.15) is 0 Å². The summed E-state index contributed by atoms with van der Waals surface area (Å²) in [4.78, 5) is 12.7. The number of carboxylic acids is 1. The van der Waals surface area contributed by atoms with E-state index in [-0.39, 0.29) is 12.2 Å². The van der Waals surface area contributed by atoms with Crippen LogP contribution in [0.4, 0.5) is 0 Å². The highest BCUT2D eigenvalue weighted by molar-refractivity contribution is 5.68. The van der Waals surface area contributed by atoms with Gasteiger partial charge in [0.1, 0.15) is 19.0 Å². The number of hydrogen-bond acceptors (Lipinski definition) is 4. The van der Waals surface area contributed by atoms with E-state index in [9.17, 15) is 4.79 Å². The molecule has 5 heteroatoms. The summed E-state index contributed by atoms with van der Waals surface area (Å²) in [5.74, 6) is 0.00773. The fourth-order valence-electron chi connectivity index (χ4n) is 2.53. The average Bonchev–Trinajstić information content (AvgIpc) is 2.38. The van der Waals surface area contributed by atoms with Gasteiger partial charge in [-0.1, -0.05) is 12.1 Å². The number of ether oxygens (including phenoxy) is 2. The molecule has 1 aliphatic rings. The predicted molar refractivity (Wildman–Crippen MR) is 79.8 cm³/mol. The lowest BCUT2D eigenvalue weighted by atomic mass is 9.96. The van der Waals surface area contributed by atoms with Crippen LogP contribution in [0.15, 0.2) is 18.2 Å². The van der Waals surface area contributed by atoms with Crippen molar-refractivity contribution in [3.05, 3.63) is 29.3 Å². The molecule has 0 aromatic heterocycles. The monoisotopic (exact) mass is 293 g/mol. The van der Waals surface area contributed by atoms with E-state index in [0.717, 1.165) is 30.9 Å². The molecule has 1 aromatic rings. The lowest BCUT2D eigenvalue weighted by molar-refractivity contribution is -0.165. The Morgan fingerprint density at radius 3 is 2.76 bits per heavy atom. The Kier molecular flexibility index (Phi) is 4.85. The van der Waals surface area contributed by atoms with Crippen molar-refractivity contribution in [1.29, 1.82) is 0 Å². The van der Waals surface area contributed by atoms with E-state index in [0.29, 0.717) is 6.61 Å². The third-order valence-corrected chi connectivity index (χ3v) is 3.67. The maximum atomic E-state index is 10.5. The van der Waals surface area contributed by atoms with Crippen LogP contribution in [0, 0.1) is 13.8 Å².